The van der Waals surface area contributed by atoms with Gasteiger partial charge in [0.05, 0.1) is 12.4 Å². The second-order valence-electron chi connectivity index (χ2n) is 3.00. The minimum absolute atomic E-state index is 0.539. The van der Waals surface area contributed by atoms with Gasteiger partial charge in [-0.3, -0.25) is 0 Å². The molecule has 0 aliphatic carbocycles. The normalized spacial score (nSPS) is 10.3. The van der Waals surface area contributed by atoms with Crippen LogP contribution in [0.15, 0.2) is 12.4 Å². The lowest BCUT2D eigenvalue weighted by atomic mass is 10.2. The third-order valence-electron chi connectivity index (χ3n) is 1.31. The predicted octanol–water partition coefficient (Wildman–Crippen LogP) is 1.68. The van der Waals surface area contributed by atoms with Crippen molar-refractivity contribution in [3.05, 3.63) is 18.3 Å². The Morgan fingerprint density at radius 3 is 2.67 bits per heavy atom. The summed E-state index contributed by atoms with van der Waals surface area (Å²) in [5, 5.41) is 3.03. The van der Waals surface area contributed by atoms with Crippen molar-refractivity contribution in [2.45, 2.75) is 13.8 Å². The van der Waals surface area contributed by atoms with Gasteiger partial charge in [-0.1, -0.05) is 13.8 Å². The van der Waals surface area contributed by atoms with Gasteiger partial charge in [-0.05, 0) is 5.92 Å². The van der Waals surface area contributed by atoms with E-state index in [-0.39, 0.29) is 0 Å². The van der Waals surface area contributed by atoms with Crippen LogP contribution in [0.1, 0.15) is 13.8 Å². The van der Waals surface area contributed by atoms with Crippen molar-refractivity contribution in [2.75, 3.05) is 11.9 Å². The summed E-state index contributed by atoms with van der Waals surface area (Å²) in [7, 11) is 0. The standard InChI is InChI=1S/C8H12FN3/c1-6(2)3-11-8-5-10-7(9)4-12-8/h4-6H,3H2,1-2H3,(H,11,12). The van der Waals surface area contributed by atoms with E-state index in [1.165, 1.54) is 6.20 Å². The van der Waals surface area contributed by atoms with Crippen molar-refractivity contribution in [1.29, 1.82) is 0 Å². The van der Waals surface area contributed by atoms with E-state index in [1.807, 2.05) is 0 Å². The predicted molar refractivity (Wildman–Crippen MR) is 45.3 cm³/mol. The molecule has 12 heavy (non-hydrogen) atoms. The van der Waals surface area contributed by atoms with Gasteiger partial charge >= 0.3 is 0 Å². The maximum Gasteiger partial charge on any atom is 0.231 e. The van der Waals surface area contributed by atoms with Gasteiger partial charge in [-0.15, -0.1) is 0 Å². The molecule has 0 aliphatic heterocycles. The maximum atomic E-state index is 12.3. The highest BCUT2D eigenvalue weighted by Gasteiger charge is 1.96. The molecule has 1 N–H and O–H groups in total. The Morgan fingerprint density at radius 1 is 1.42 bits per heavy atom. The molecule has 0 amide bonds. The molecule has 0 bridgehead atoms. The summed E-state index contributed by atoms with van der Waals surface area (Å²) >= 11 is 0. The van der Waals surface area contributed by atoms with Crippen LogP contribution in [0.5, 0.6) is 0 Å². The molecule has 0 fully saturated rings. The first-order valence-electron chi connectivity index (χ1n) is 3.90. The Balaban J connectivity index is 2.48. The van der Waals surface area contributed by atoms with E-state index in [2.05, 4.69) is 29.1 Å². The Kier molecular flexibility index (Phi) is 2.96. The van der Waals surface area contributed by atoms with Crippen molar-refractivity contribution in [1.82, 2.24) is 9.97 Å². The third kappa shape index (κ3) is 2.82. The lowest BCUT2D eigenvalue weighted by molar-refractivity contribution is 0.576. The summed E-state index contributed by atoms with van der Waals surface area (Å²) in [5.41, 5.74) is 0. The van der Waals surface area contributed by atoms with E-state index in [0.29, 0.717) is 11.7 Å². The molecule has 4 heteroatoms. The Morgan fingerprint density at radius 2 is 2.17 bits per heavy atom. The summed E-state index contributed by atoms with van der Waals surface area (Å²) in [6, 6.07) is 0. The molecule has 0 unspecified atom stereocenters. The van der Waals surface area contributed by atoms with Crippen molar-refractivity contribution in [3.63, 3.8) is 0 Å². The average molecular weight is 169 g/mol. The van der Waals surface area contributed by atoms with E-state index >= 15 is 0 Å². The van der Waals surface area contributed by atoms with Gasteiger partial charge in [0.25, 0.3) is 0 Å². The molecule has 1 heterocycles. The fraction of sp³-hybridized carbons (Fsp3) is 0.500. The van der Waals surface area contributed by atoms with Crippen molar-refractivity contribution < 1.29 is 4.39 Å². The molecule has 66 valence electrons. The molecule has 0 aliphatic rings. The van der Waals surface area contributed by atoms with Crippen molar-refractivity contribution in [2.24, 2.45) is 5.92 Å². The van der Waals surface area contributed by atoms with Crippen LogP contribution in [0.25, 0.3) is 0 Å². The van der Waals surface area contributed by atoms with Gasteiger partial charge < -0.3 is 5.32 Å². The quantitative estimate of drug-likeness (QED) is 0.748. The molecule has 0 spiro atoms. The first-order chi connectivity index (χ1) is 5.68. The third-order valence-corrected chi connectivity index (χ3v) is 1.31. The van der Waals surface area contributed by atoms with E-state index in [0.717, 1.165) is 12.7 Å². The molecule has 1 aromatic rings. The fourth-order valence-corrected chi connectivity index (χ4v) is 0.712. The molecule has 0 aromatic carbocycles. The Labute approximate surface area is 71.0 Å². The fourth-order valence-electron chi connectivity index (χ4n) is 0.712. The number of hydrogen-bond donors (Lipinski definition) is 1. The molecule has 1 aromatic heterocycles. The average Bonchev–Trinajstić information content (AvgIpc) is 2.03. The number of aromatic nitrogens is 2. The molecule has 0 radical (unpaired) electrons. The Hall–Kier alpha value is -1.19. The molecule has 0 saturated carbocycles. The second kappa shape index (κ2) is 3.99. The van der Waals surface area contributed by atoms with Crippen LogP contribution < -0.4 is 5.32 Å². The number of nitrogens with one attached hydrogen (secondary N) is 1. The molecule has 1 rings (SSSR count). The van der Waals surface area contributed by atoms with Gasteiger partial charge in [0, 0.05) is 6.54 Å². The zero-order valence-corrected chi connectivity index (χ0v) is 7.21. The van der Waals surface area contributed by atoms with Gasteiger partial charge in [0.2, 0.25) is 5.95 Å². The SMILES string of the molecule is CC(C)CNc1cnc(F)cn1. The van der Waals surface area contributed by atoms with Gasteiger partial charge in [-0.25, -0.2) is 9.97 Å². The largest absolute Gasteiger partial charge is 0.369 e. The minimum Gasteiger partial charge on any atom is -0.369 e. The molecule has 0 atom stereocenters. The van der Waals surface area contributed by atoms with Gasteiger partial charge in [-0.2, -0.15) is 4.39 Å². The number of rotatable bonds is 3. The summed E-state index contributed by atoms with van der Waals surface area (Å²) in [6.45, 7) is 4.99. The van der Waals surface area contributed by atoms with Crippen LogP contribution in [0.2, 0.25) is 0 Å². The van der Waals surface area contributed by atoms with Crippen LogP contribution in [0.4, 0.5) is 10.2 Å². The highest BCUT2D eigenvalue weighted by Crippen LogP contribution is 2.01. The molecule has 3 nitrogen and oxygen atoms in total. The number of halogens is 1. The zero-order chi connectivity index (χ0) is 8.97. The highest BCUT2D eigenvalue weighted by atomic mass is 19.1. The van der Waals surface area contributed by atoms with Crippen LogP contribution in [0.3, 0.4) is 0 Å². The first kappa shape index (κ1) is 8.90. The number of anilines is 1. The number of nitrogens with zero attached hydrogens (tertiary/aromatic N) is 2. The minimum atomic E-state index is -0.551. The second-order valence-corrected chi connectivity index (χ2v) is 3.00. The van der Waals surface area contributed by atoms with Crippen molar-refractivity contribution >= 4 is 5.82 Å². The topological polar surface area (TPSA) is 37.8 Å². The summed E-state index contributed by atoms with van der Waals surface area (Å²) in [4.78, 5) is 7.27. The van der Waals surface area contributed by atoms with E-state index in [9.17, 15) is 4.39 Å². The van der Waals surface area contributed by atoms with Crippen LogP contribution in [0, 0.1) is 11.9 Å². The monoisotopic (exact) mass is 169 g/mol. The van der Waals surface area contributed by atoms with Gasteiger partial charge in [0.1, 0.15) is 5.82 Å². The van der Waals surface area contributed by atoms with Crippen LogP contribution >= 0.6 is 0 Å². The maximum absolute atomic E-state index is 12.3. The molecule has 0 saturated heterocycles. The van der Waals surface area contributed by atoms with Crippen LogP contribution in [-0.2, 0) is 0 Å². The molecular weight excluding hydrogens is 157 g/mol. The Bertz CT molecular complexity index is 233. The van der Waals surface area contributed by atoms with Gasteiger partial charge in [0.15, 0.2) is 0 Å². The smallest absolute Gasteiger partial charge is 0.231 e. The summed E-state index contributed by atoms with van der Waals surface area (Å²) < 4.78 is 12.3. The lowest BCUT2D eigenvalue weighted by Crippen LogP contribution is -2.09. The zero-order valence-electron chi connectivity index (χ0n) is 7.21. The highest BCUT2D eigenvalue weighted by molar-refractivity contribution is 5.29. The van der Waals surface area contributed by atoms with E-state index in [1.54, 1.807) is 0 Å². The van der Waals surface area contributed by atoms with Crippen LogP contribution in [-0.4, -0.2) is 16.5 Å². The number of hydrogen-bond acceptors (Lipinski definition) is 3. The molecular formula is C8H12FN3. The first-order valence-corrected chi connectivity index (χ1v) is 3.90. The summed E-state index contributed by atoms with van der Waals surface area (Å²) in [5.74, 6) is 0.604. The lowest BCUT2D eigenvalue weighted by Gasteiger charge is -2.06. The van der Waals surface area contributed by atoms with Crippen molar-refractivity contribution in [3.8, 4) is 0 Å². The van der Waals surface area contributed by atoms with E-state index < -0.39 is 5.95 Å². The van der Waals surface area contributed by atoms with E-state index in [4.69, 9.17) is 0 Å². The summed E-state index contributed by atoms with van der Waals surface area (Å²) in [6.07, 6.45) is 2.49.